The van der Waals surface area contributed by atoms with E-state index in [1.165, 1.54) is 12.1 Å². The number of anilines is 1. The number of carbonyl (C=O) groups excluding carboxylic acids is 1. The molecule has 1 amide bonds. The zero-order valence-corrected chi connectivity index (χ0v) is 13.2. The lowest BCUT2D eigenvalue weighted by molar-refractivity contribution is -0.384. The van der Waals surface area contributed by atoms with Crippen molar-refractivity contribution < 1.29 is 9.72 Å². The van der Waals surface area contributed by atoms with E-state index in [0.29, 0.717) is 23.0 Å². The number of piperazine rings is 1. The third-order valence-corrected chi connectivity index (χ3v) is 4.47. The van der Waals surface area contributed by atoms with Crippen LogP contribution in [0.4, 0.5) is 17.1 Å². The van der Waals surface area contributed by atoms with Crippen molar-refractivity contribution in [2.75, 3.05) is 44.7 Å². The van der Waals surface area contributed by atoms with Crippen LogP contribution in [-0.2, 0) is 4.79 Å². The lowest BCUT2D eigenvalue weighted by Crippen LogP contribution is -2.52. The molecule has 0 N–H and O–H groups in total. The van der Waals surface area contributed by atoms with Crippen molar-refractivity contribution in [2.24, 2.45) is 9.98 Å². The summed E-state index contributed by atoms with van der Waals surface area (Å²) in [6.45, 7) is 3.52. The number of fused-ring (bicyclic) bond motifs is 3. The van der Waals surface area contributed by atoms with E-state index in [4.69, 9.17) is 0 Å². The van der Waals surface area contributed by atoms with Crippen LogP contribution in [0.15, 0.2) is 28.2 Å². The number of non-ortho nitro benzene ring substituents is 1. The highest BCUT2D eigenvalue weighted by Gasteiger charge is 2.37. The topological polar surface area (TPSA) is 94.6 Å². The fraction of sp³-hybridized carbons (Fsp3) is 0.400. The second-order valence-corrected chi connectivity index (χ2v) is 6.07. The van der Waals surface area contributed by atoms with E-state index >= 15 is 0 Å². The minimum atomic E-state index is -0.450. The number of likely N-dealkylation sites (N-methyl/N-ethyl adjacent to an activating group) is 1. The number of nitro benzene ring substituents is 1. The van der Waals surface area contributed by atoms with E-state index in [1.807, 2.05) is 0 Å². The third-order valence-electron chi connectivity index (χ3n) is 4.47. The van der Waals surface area contributed by atoms with Gasteiger partial charge in [-0.2, -0.15) is 4.99 Å². The van der Waals surface area contributed by atoms with Crippen LogP contribution in [0.3, 0.4) is 0 Å². The SMILES string of the molecule is CN1CCN(C2=Nc3ccc([N+](=O)[O-])cc3N3CC(=O)N=C23)CC1. The van der Waals surface area contributed by atoms with E-state index in [0.717, 1.165) is 26.2 Å². The largest absolute Gasteiger partial charge is 0.351 e. The van der Waals surface area contributed by atoms with Gasteiger partial charge in [-0.05, 0) is 13.1 Å². The van der Waals surface area contributed by atoms with Gasteiger partial charge >= 0.3 is 0 Å². The summed E-state index contributed by atoms with van der Waals surface area (Å²) in [5.41, 5.74) is 1.17. The van der Waals surface area contributed by atoms with Crippen molar-refractivity contribution in [3.63, 3.8) is 0 Å². The smallest absolute Gasteiger partial charge is 0.271 e. The molecule has 0 atom stereocenters. The second kappa shape index (κ2) is 5.38. The van der Waals surface area contributed by atoms with Gasteiger partial charge in [0.1, 0.15) is 6.54 Å². The zero-order valence-electron chi connectivity index (χ0n) is 13.2. The van der Waals surface area contributed by atoms with Crippen LogP contribution in [0, 0.1) is 10.1 Å². The molecule has 1 aromatic carbocycles. The number of carbonyl (C=O) groups is 1. The van der Waals surface area contributed by atoms with Gasteiger partial charge in [-0.3, -0.25) is 14.9 Å². The van der Waals surface area contributed by atoms with Crippen molar-refractivity contribution in [1.82, 2.24) is 9.80 Å². The fourth-order valence-electron chi connectivity index (χ4n) is 3.12. The van der Waals surface area contributed by atoms with E-state index < -0.39 is 4.92 Å². The minimum absolute atomic E-state index is 0.0225. The predicted octanol–water partition coefficient (Wildman–Crippen LogP) is 0.631. The molecule has 1 aromatic rings. The Bertz CT molecular complexity index is 794. The highest BCUT2D eigenvalue weighted by atomic mass is 16.6. The van der Waals surface area contributed by atoms with Crippen LogP contribution in [0.1, 0.15) is 0 Å². The van der Waals surface area contributed by atoms with Gasteiger partial charge < -0.3 is 14.7 Å². The molecule has 9 nitrogen and oxygen atoms in total. The molecule has 3 aliphatic rings. The molecule has 124 valence electrons. The highest BCUT2D eigenvalue weighted by molar-refractivity contribution is 6.50. The van der Waals surface area contributed by atoms with Crippen LogP contribution in [0.5, 0.6) is 0 Å². The van der Waals surface area contributed by atoms with Crippen molar-refractivity contribution in [3.05, 3.63) is 28.3 Å². The van der Waals surface area contributed by atoms with Crippen LogP contribution >= 0.6 is 0 Å². The van der Waals surface area contributed by atoms with Crippen molar-refractivity contribution >= 4 is 34.6 Å². The van der Waals surface area contributed by atoms with Crippen molar-refractivity contribution in [1.29, 1.82) is 0 Å². The monoisotopic (exact) mass is 328 g/mol. The first kappa shape index (κ1) is 14.8. The molecule has 1 saturated heterocycles. The Hall–Kier alpha value is -2.81. The lowest BCUT2D eigenvalue weighted by atomic mass is 10.1. The Kier molecular flexibility index (Phi) is 3.31. The summed E-state index contributed by atoms with van der Waals surface area (Å²) in [5.74, 6) is 0.916. The first-order chi connectivity index (χ1) is 11.5. The first-order valence-electron chi connectivity index (χ1n) is 7.73. The molecule has 0 unspecified atom stereocenters. The molecule has 1 fully saturated rings. The zero-order chi connectivity index (χ0) is 16.8. The Morgan fingerprint density at radius 2 is 1.88 bits per heavy atom. The number of benzene rings is 1. The molecule has 0 bridgehead atoms. The average Bonchev–Trinajstić information content (AvgIpc) is 2.96. The number of aliphatic imine (C=N–C) groups is 2. The number of hydrogen-bond acceptors (Lipinski definition) is 7. The predicted molar refractivity (Wildman–Crippen MR) is 89.0 cm³/mol. The average molecular weight is 328 g/mol. The number of hydrogen-bond donors (Lipinski definition) is 0. The quantitative estimate of drug-likeness (QED) is 0.554. The Labute approximate surface area is 138 Å². The highest BCUT2D eigenvalue weighted by Crippen LogP contribution is 2.37. The van der Waals surface area contributed by atoms with Crippen molar-refractivity contribution in [2.45, 2.75) is 0 Å². The molecule has 3 aliphatic heterocycles. The third kappa shape index (κ3) is 2.33. The molecule has 0 aliphatic carbocycles. The van der Waals surface area contributed by atoms with Crippen LogP contribution < -0.4 is 4.90 Å². The standard InChI is InChI=1S/C15H16N6O3/c1-18-4-6-19(7-5-18)14-15-17-13(22)9-20(15)12-8-10(21(23)24)2-3-11(12)16-14/h2-3,8H,4-7,9H2,1H3. The molecule has 24 heavy (non-hydrogen) atoms. The van der Waals surface area contributed by atoms with Gasteiger partial charge in [0.25, 0.3) is 11.6 Å². The normalized spacial score (nSPS) is 20.5. The Morgan fingerprint density at radius 1 is 1.12 bits per heavy atom. The molecule has 9 heteroatoms. The van der Waals surface area contributed by atoms with E-state index in [1.54, 1.807) is 11.0 Å². The van der Waals surface area contributed by atoms with E-state index in [-0.39, 0.29) is 18.1 Å². The summed E-state index contributed by atoms with van der Waals surface area (Å²) in [5, 5.41) is 11.0. The maximum Gasteiger partial charge on any atom is 0.271 e. The van der Waals surface area contributed by atoms with Gasteiger partial charge in [0.15, 0.2) is 11.7 Å². The molecule has 0 radical (unpaired) electrons. The van der Waals surface area contributed by atoms with Gasteiger partial charge in [-0.1, -0.05) is 0 Å². The molecule has 3 heterocycles. The number of amidine groups is 2. The van der Waals surface area contributed by atoms with Crippen molar-refractivity contribution in [3.8, 4) is 0 Å². The molecule has 0 spiro atoms. The minimum Gasteiger partial charge on any atom is -0.351 e. The molecular weight excluding hydrogens is 312 g/mol. The van der Waals surface area contributed by atoms with Gasteiger partial charge in [0.05, 0.1) is 16.3 Å². The molecule has 4 rings (SSSR count). The molecule has 0 aromatic heterocycles. The van der Waals surface area contributed by atoms with Gasteiger partial charge in [-0.25, -0.2) is 4.99 Å². The van der Waals surface area contributed by atoms with Crippen LogP contribution in [0.25, 0.3) is 0 Å². The van der Waals surface area contributed by atoms with Gasteiger partial charge in [0.2, 0.25) is 0 Å². The summed E-state index contributed by atoms with van der Waals surface area (Å²) < 4.78 is 0. The summed E-state index contributed by atoms with van der Waals surface area (Å²) >= 11 is 0. The molecular formula is C15H16N6O3. The van der Waals surface area contributed by atoms with Crippen LogP contribution in [-0.4, -0.2) is 72.1 Å². The fourth-order valence-corrected chi connectivity index (χ4v) is 3.12. The summed E-state index contributed by atoms with van der Waals surface area (Å²) in [7, 11) is 2.07. The number of rotatable bonds is 1. The summed E-state index contributed by atoms with van der Waals surface area (Å²) in [4.78, 5) is 37.3. The maximum atomic E-state index is 11.9. The van der Waals surface area contributed by atoms with Gasteiger partial charge in [0, 0.05) is 38.3 Å². The summed E-state index contributed by atoms with van der Waals surface area (Å²) in [6.07, 6.45) is 0. The Morgan fingerprint density at radius 3 is 2.58 bits per heavy atom. The lowest BCUT2D eigenvalue weighted by Gasteiger charge is -2.37. The number of nitrogens with zero attached hydrogens (tertiary/aromatic N) is 6. The molecule has 0 saturated carbocycles. The second-order valence-electron chi connectivity index (χ2n) is 6.07. The van der Waals surface area contributed by atoms with Crippen LogP contribution in [0.2, 0.25) is 0 Å². The number of nitro groups is 1. The van der Waals surface area contributed by atoms with E-state index in [2.05, 4.69) is 26.8 Å². The van der Waals surface area contributed by atoms with E-state index in [9.17, 15) is 14.9 Å². The Balaban J connectivity index is 1.78. The first-order valence-corrected chi connectivity index (χ1v) is 7.73. The number of amides is 1. The van der Waals surface area contributed by atoms with Gasteiger partial charge in [-0.15, -0.1) is 0 Å². The maximum absolute atomic E-state index is 11.9. The summed E-state index contributed by atoms with van der Waals surface area (Å²) in [6, 6.07) is 4.51.